The Morgan fingerprint density at radius 3 is 2.76 bits per heavy atom. The lowest BCUT2D eigenvalue weighted by atomic mass is 9.97. The Balaban J connectivity index is 2.17. The highest BCUT2D eigenvalue weighted by atomic mass is 79.9. The lowest BCUT2D eigenvalue weighted by Gasteiger charge is -2.25. The zero-order chi connectivity index (χ0) is 15.8. The molecule has 118 valence electrons. The smallest absolute Gasteiger partial charge is 0.371 e. The zero-order valence-corrected chi connectivity index (χ0v) is 13.4. The quantitative estimate of drug-likeness (QED) is 0.677. The number of carboxylic acids is 1. The first-order valence-electron chi connectivity index (χ1n) is 6.02. The van der Waals surface area contributed by atoms with E-state index in [0.29, 0.717) is 13.0 Å². The summed E-state index contributed by atoms with van der Waals surface area (Å²) in [5.41, 5.74) is -1.29. The van der Waals surface area contributed by atoms with Gasteiger partial charge in [-0.25, -0.2) is 17.9 Å². The van der Waals surface area contributed by atoms with Crippen LogP contribution < -0.4 is 4.72 Å². The highest BCUT2D eigenvalue weighted by Crippen LogP contribution is 2.28. The van der Waals surface area contributed by atoms with Gasteiger partial charge >= 0.3 is 5.97 Å². The van der Waals surface area contributed by atoms with E-state index in [1.807, 2.05) is 0 Å². The fourth-order valence-corrected chi connectivity index (χ4v) is 3.98. The van der Waals surface area contributed by atoms with Gasteiger partial charge in [0.25, 0.3) is 0 Å². The standard InChI is InChI=1S/C11H14BrNO7S/c1-6-11(16,2-3-19-6)5-13-21(17,18)8-4-7(10(14)15)20-9(8)12/h4,6,13,16H,2-3,5H2,1H3,(H,14,15). The summed E-state index contributed by atoms with van der Waals surface area (Å²) in [6.45, 7) is 1.76. The van der Waals surface area contributed by atoms with E-state index >= 15 is 0 Å². The second-order valence-electron chi connectivity index (χ2n) is 4.74. The van der Waals surface area contributed by atoms with Crippen LogP contribution in [0.25, 0.3) is 0 Å². The molecule has 2 unspecified atom stereocenters. The normalized spacial score (nSPS) is 26.1. The molecule has 1 aliphatic rings. The third-order valence-electron chi connectivity index (χ3n) is 3.38. The maximum atomic E-state index is 12.1. The first kappa shape index (κ1) is 16.4. The lowest BCUT2D eigenvalue weighted by Crippen LogP contribution is -2.47. The minimum Gasteiger partial charge on any atom is -0.475 e. The predicted octanol–water partition coefficient (Wildman–Crippen LogP) is 0.558. The number of hydrogen-bond donors (Lipinski definition) is 3. The minimum absolute atomic E-state index is 0.213. The molecule has 2 atom stereocenters. The van der Waals surface area contributed by atoms with Crippen LogP contribution in [0.2, 0.25) is 0 Å². The molecular weight excluding hydrogens is 370 g/mol. The number of aromatic carboxylic acids is 1. The van der Waals surface area contributed by atoms with Gasteiger partial charge in [0.05, 0.1) is 6.10 Å². The molecule has 1 saturated heterocycles. The van der Waals surface area contributed by atoms with Crippen molar-refractivity contribution in [2.75, 3.05) is 13.2 Å². The summed E-state index contributed by atoms with van der Waals surface area (Å²) in [5.74, 6) is -1.88. The van der Waals surface area contributed by atoms with E-state index in [1.54, 1.807) is 6.92 Å². The summed E-state index contributed by atoms with van der Waals surface area (Å²) in [5, 5.41) is 19.0. The number of nitrogens with one attached hydrogen (secondary N) is 1. The molecule has 0 aromatic carbocycles. The maximum Gasteiger partial charge on any atom is 0.371 e. The second-order valence-corrected chi connectivity index (χ2v) is 7.20. The number of ether oxygens (including phenoxy) is 1. The van der Waals surface area contributed by atoms with Crippen LogP contribution in [0.15, 0.2) is 20.0 Å². The Bertz CT molecular complexity index is 656. The number of hydrogen-bond acceptors (Lipinski definition) is 6. The van der Waals surface area contributed by atoms with Crippen molar-refractivity contribution >= 4 is 31.9 Å². The van der Waals surface area contributed by atoms with Gasteiger partial charge in [-0.3, -0.25) is 0 Å². The van der Waals surface area contributed by atoms with E-state index in [-0.39, 0.29) is 16.1 Å². The molecule has 0 saturated carbocycles. The minimum atomic E-state index is -4.02. The molecule has 2 rings (SSSR count). The number of furan rings is 1. The van der Waals surface area contributed by atoms with Crippen LogP contribution in [0.3, 0.4) is 0 Å². The number of aliphatic hydroxyl groups is 1. The van der Waals surface area contributed by atoms with Gasteiger partial charge in [0.2, 0.25) is 15.8 Å². The van der Waals surface area contributed by atoms with Crippen molar-refractivity contribution in [3.05, 3.63) is 16.5 Å². The van der Waals surface area contributed by atoms with Crippen molar-refractivity contribution in [3.8, 4) is 0 Å². The molecule has 0 bridgehead atoms. The van der Waals surface area contributed by atoms with Crippen molar-refractivity contribution in [1.82, 2.24) is 4.72 Å². The molecule has 1 fully saturated rings. The largest absolute Gasteiger partial charge is 0.475 e. The number of carboxylic acid groups (broad SMARTS) is 1. The second kappa shape index (κ2) is 5.69. The lowest BCUT2D eigenvalue weighted by molar-refractivity contribution is -0.0228. The Hall–Kier alpha value is -0.940. The first-order valence-corrected chi connectivity index (χ1v) is 8.29. The summed E-state index contributed by atoms with van der Waals surface area (Å²) >= 11 is 2.86. The number of sulfonamides is 1. The molecule has 0 radical (unpaired) electrons. The van der Waals surface area contributed by atoms with Crippen molar-refractivity contribution in [2.45, 2.75) is 29.9 Å². The van der Waals surface area contributed by atoms with E-state index in [9.17, 15) is 18.3 Å². The highest BCUT2D eigenvalue weighted by Gasteiger charge is 2.40. The molecule has 0 amide bonds. The van der Waals surface area contributed by atoms with Crippen LogP contribution in [-0.4, -0.2) is 49.5 Å². The fraction of sp³-hybridized carbons (Fsp3) is 0.545. The van der Waals surface area contributed by atoms with Crippen LogP contribution in [0, 0.1) is 0 Å². The average molecular weight is 384 g/mol. The summed E-state index contributed by atoms with van der Waals surface area (Å²) in [4.78, 5) is 10.4. The van der Waals surface area contributed by atoms with Crippen molar-refractivity contribution in [2.24, 2.45) is 0 Å². The molecular formula is C11H14BrNO7S. The number of rotatable bonds is 5. The van der Waals surface area contributed by atoms with E-state index in [0.717, 1.165) is 6.07 Å². The van der Waals surface area contributed by atoms with Crippen LogP contribution in [0.1, 0.15) is 23.9 Å². The van der Waals surface area contributed by atoms with E-state index in [2.05, 4.69) is 20.7 Å². The SMILES string of the molecule is CC1OCCC1(O)CNS(=O)(=O)c1cc(C(=O)O)oc1Br. The monoisotopic (exact) mass is 383 g/mol. The van der Waals surface area contributed by atoms with E-state index < -0.39 is 33.5 Å². The van der Waals surface area contributed by atoms with Crippen LogP contribution >= 0.6 is 15.9 Å². The molecule has 1 aliphatic heterocycles. The molecule has 1 aromatic rings. The molecule has 0 aliphatic carbocycles. The van der Waals surface area contributed by atoms with Crippen molar-refractivity contribution in [1.29, 1.82) is 0 Å². The van der Waals surface area contributed by atoms with Gasteiger partial charge in [-0.1, -0.05) is 0 Å². The number of halogens is 1. The molecule has 2 heterocycles. The molecule has 8 nitrogen and oxygen atoms in total. The molecule has 10 heteroatoms. The zero-order valence-electron chi connectivity index (χ0n) is 11.0. The van der Waals surface area contributed by atoms with Gasteiger partial charge in [-0.05, 0) is 22.9 Å². The fourth-order valence-electron chi connectivity index (χ4n) is 1.94. The third kappa shape index (κ3) is 3.29. The Morgan fingerprint density at radius 1 is 1.62 bits per heavy atom. The van der Waals surface area contributed by atoms with Crippen LogP contribution in [0.5, 0.6) is 0 Å². The summed E-state index contributed by atoms with van der Waals surface area (Å²) in [6.07, 6.45) is -0.188. The van der Waals surface area contributed by atoms with Gasteiger partial charge in [-0.15, -0.1) is 0 Å². The van der Waals surface area contributed by atoms with Gasteiger partial charge in [0, 0.05) is 25.6 Å². The van der Waals surface area contributed by atoms with Crippen molar-refractivity contribution in [3.63, 3.8) is 0 Å². The predicted molar refractivity (Wildman–Crippen MR) is 73.5 cm³/mol. The van der Waals surface area contributed by atoms with Gasteiger partial charge in [-0.2, -0.15) is 0 Å². The van der Waals surface area contributed by atoms with Crippen LogP contribution in [-0.2, 0) is 14.8 Å². The Labute approximate surface area is 129 Å². The summed E-state index contributed by atoms with van der Waals surface area (Å²) < 4.78 is 36.3. The summed E-state index contributed by atoms with van der Waals surface area (Å²) in [7, 11) is -4.02. The number of carbonyl (C=O) groups is 1. The molecule has 1 aromatic heterocycles. The molecule has 0 spiro atoms. The van der Waals surface area contributed by atoms with Crippen LogP contribution in [0.4, 0.5) is 0 Å². The van der Waals surface area contributed by atoms with E-state index in [4.69, 9.17) is 14.3 Å². The molecule has 3 N–H and O–H groups in total. The van der Waals surface area contributed by atoms with Gasteiger partial charge < -0.3 is 19.4 Å². The third-order valence-corrected chi connectivity index (χ3v) is 5.64. The average Bonchev–Trinajstić information content (AvgIpc) is 2.93. The van der Waals surface area contributed by atoms with Gasteiger partial charge in [0.1, 0.15) is 10.5 Å². The van der Waals surface area contributed by atoms with Crippen molar-refractivity contribution < 1.29 is 32.6 Å². The topological polar surface area (TPSA) is 126 Å². The molecule has 21 heavy (non-hydrogen) atoms. The van der Waals surface area contributed by atoms with E-state index in [1.165, 1.54) is 0 Å². The maximum absolute atomic E-state index is 12.1. The Kier molecular flexibility index (Phi) is 4.45. The first-order chi connectivity index (χ1) is 9.66. The highest BCUT2D eigenvalue weighted by molar-refractivity contribution is 9.10. The Morgan fingerprint density at radius 2 is 2.29 bits per heavy atom. The van der Waals surface area contributed by atoms with Gasteiger partial charge in [0.15, 0.2) is 4.67 Å². The summed E-state index contributed by atoms with van der Waals surface area (Å²) in [6, 6.07) is 0.896.